The van der Waals surface area contributed by atoms with E-state index in [1.165, 1.54) is 16.7 Å². The summed E-state index contributed by atoms with van der Waals surface area (Å²) >= 11 is 5.95. The van der Waals surface area contributed by atoms with Gasteiger partial charge in [0.25, 0.3) is 0 Å². The predicted octanol–water partition coefficient (Wildman–Crippen LogP) is 5.38. The van der Waals surface area contributed by atoms with Crippen LogP contribution in [0.2, 0.25) is 5.02 Å². The van der Waals surface area contributed by atoms with Gasteiger partial charge in [0.05, 0.1) is 0 Å². The van der Waals surface area contributed by atoms with E-state index >= 15 is 0 Å². The third kappa shape index (κ3) is 3.55. The van der Waals surface area contributed by atoms with Gasteiger partial charge in [-0.2, -0.15) is 0 Å². The van der Waals surface area contributed by atoms with Crippen molar-refractivity contribution in [3.05, 3.63) is 88.8 Å². The number of pyridine rings is 2. The van der Waals surface area contributed by atoms with Gasteiger partial charge < -0.3 is 10.3 Å². The Morgan fingerprint density at radius 3 is 2.69 bits per heavy atom. The Kier molecular flexibility index (Phi) is 4.59. The van der Waals surface area contributed by atoms with Crippen LogP contribution in [0, 0.1) is 0 Å². The van der Waals surface area contributed by atoms with Crippen LogP contribution in [0.25, 0.3) is 11.0 Å². The van der Waals surface area contributed by atoms with Crippen molar-refractivity contribution in [2.45, 2.75) is 19.4 Å². The number of nitrogens with one attached hydrogen (secondary N) is 2. The van der Waals surface area contributed by atoms with Crippen LogP contribution in [0.5, 0.6) is 0 Å². The molecule has 0 bridgehead atoms. The van der Waals surface area contributed by atoms with Crippen LogP contribution < -0.4 is 5.32 Å². The van der Waals surface area contributed by atoms with Crippen molar-refractivity contribution in [1.82, 2.24) is 15.0 Å². The molecule has 3 aromatic heterocycles. The van der Waals surface area contributed by atoms with Gasteiger partial charge in [0.15, 0.2) is 0 Å². The molecule has 0 saturated heterocycles. The summed E-state index contributed by atoms with van der Waals surface area (Å²) in [5, 5.41) is 5.33. The number of fused-ring (bicyclic) bond motifs is 1. The van der Waals surface area contributed by atoms with E-state index in [1.54, 1.807) is 6.20 Å². The Bertz CT molecular complexity index is 1010. The molecule has 0 spiro atoms. The molecule has 130 valence electrons. The van der Waals surface area contributed by atoms with E-state index in [2.05, 4.69) is 39.3 Å². The smallest absolute Gasteiger partial charge is 0.137 e. The van der Waals surface area contributed by atoms with E-state index in [1.807, 2.05) is 48.8 Å². The van der Waals surface area contributed by atoms with E-state index in [4.69, 9.17) is 11.6 Å². The van der Waals surface area contributed by atoms with Gasteiger partial charge in [0, 0.05) is 41.5 Å². The lowest BCUT2D eigenvalue weighted by atomic mass is 10.1. The molecule has 4 rings (SSSR count). The number of H-pyrrole nitrogens is 1. The van der Waals surface area contributed by atoms with Crippen LogP contribution in [0.4, 0.5) is 5.82 Å². The molecule has 0 saturated carbocycles. The van der Waals surface area contributed by atoms with E-state index < -0.39 is 0 Å². The number of hydrogen-bond donors (Lipinski definition) is 2. The lowest BCUT2D eigenvalue weighted by molar-refractivity contribution is 0.874. The van der Waals surface area contributed by atoms with E-state index in [0.29, 0.717) is 0 Å². The molecule has 2 N–H and O–H groups in total. The number of rotatable bonds is 5. The topological polar surface area (TPSA) is 53.6 Å². The number of anilines is 1. The molecule has 1 atom stereocenters. The lowest BCUT2D eigenvalue weighted by Crippen LogP contribution is -2.07. The highest BCUT2D eigenvalue weighted by molar-refractivity contribution is 6.30. The maximum absolute atomic E-state index is 5.95. The highest BCUT2D eigenvalue weighted by Crippen LogP contribution is 2.22. The van der Waals surface area contributed by atoms with Crippen LogP contribution in [-0.4, -0.2) is 15.0 Å². The van der Waals surface area contributed by atoms with Crippen molar-refractivity contribution in [3.63, 3.8) is 0 Å². The summed E-state index contributed by atoms with van der Waals surface area (Å²) in [6.45, 7) is 2.11. The zero-order chi connectivity index (χ0) is 17.9. The monoisotopic (exact) mass is 362 g/mol. The quantitative estimate of drug-likeness (QED) is 0.501. The molecule has 1 aromatic carbocycles. The number of halogens is 1. The fourth-order valence-corrected chi connectivity index (χ4v) is 3.18. The number of aromatic amines is 1. The number of nitrogens with zero attached hydrogens (tertiary/aromatic N) is 2. The van der Waals surface area contributed by atoms with Crippen molar-refractivity contribution in [2.75, 3.05) is 5.32 Å². The van der Waals surface area contributed by atoms with E-state index in [0.717, 1.165) is 28.3 Å². The van der Waals surface area contributed by atoms with Crippen LogP contribution in [0.3, 0.4) is 0 Å². The van der Waals surface area contributed by atoms with Gasteiger partial charge in [-0.25, -0.2) is 9.97 Å². The zero-order valence-electron chi connectivity index (χ0n) is 14.4. The van der Waals surface area contributed by atoms with Crippen LogP contribution in [0.1, 0.15) is 29.7 Å². The van der Waals surface area contributed by atoms with Gasteiger partial charge in [0.2, 0.25) is 0 Å². The van der Waals surface area contributed by atoms with Gasteiger partial charge in [-0.05, 0) is 53.9 Å². The summed E-state index contributed by atoms with van der Waals surface area (Å²) in [6.07, 6.45) is 6.57. The second kappa shape index (κ2) is 7.18. The SMILES string of the molecule is CC(Nc1ccc(Cc2c[nH]c3ncccc23)cn1)c1ccc(Cl)cc1. The summed E-state index contributed by atoms with van der Waals surface area (Å²) < 4.78 is 0. The first-order valence-electron chi connectivity index (χ1n) is 8.57. The number of benzene rings is 1. The van der Waals surface area contributed by atoms with Gasteiger partial charge in [0.1, 0.15) is 11.5 Å². The Labute approximate surface area is 157 Å². The minimum atomic E-state index is 0.158. The summed E-state index contributed by atoms with van der Waals surface area (Å²) in [5.74, 6) is 0.858. The maximum Gasteiger partial charge on any atom is 0.137 e. The molecule has 4 aromatic rings. The standard InChI is InChI=1S/C21H19ClN4/c1-14(16-5-7-18(22)8-6-16)26-20-9-4-15(12-24-20)11-17-13-25-21-19(17)3-2-10-23-21/h2-10,12-14H,11H2,1H3,(H,23,25)(H,24,26). The predicted molar refractivity (Wildman–Crippen MR) is 107 cm³/mol. The van der Waals surface area contributed by atoms with Gasteiger partial charge >= 0.3 is 0 Å². The van der Waals surface area contributed by atoms with Crippen molar-refractivity contribution >= 4 is 28.5 Å². The first kappa shape index (κ1) is 16.6. The van der Waals surface area contributed by atoms with Gasteiger partial charge in [-0.15, -0.1) is 0 Å². The third-order valence-corrected chi connectivity index (χ3v) is 4.74. The first-order chi connectivity index (χ1) is 12.7. The number of hydrogen-bond acceptors (Lipinski definition) is 3. The molecule has 0 aliphatic rings. The highest BCUT2D eigenvalue weighted by atomic mass is 35.5. The van der Waals surface area contributed by atoms with E-state index in [-0.39, 0.29) is 6.04 Å². The van der Waals surface area contributed by atoms with Crippen molar-refractivity contribution in [1.29, 1.82) is 0 Å². The fourth-order valence-electron chi connectivity index (χ4n) is 3.05. The van der Waals surface area contributed by atoms with Crippen LogP contribution >= 0.6 is 11.6 Å². The normalized spacial score (nSPS) is 12.2. The molecular weight excluding hydrogens is 344 g/mol. The average molecular weight is 363 g/mol. The second-order valence-corrected chi connectivity index (χ2v) is 6.80. The zero-order valence-corrected chi connectivity index (χ0v) is 15.2. The molecule has 26 heavy (non-hydrogen) atoms. The fraction of sp³-hybridized carbons (Fsp3) is 0.143. The molecule has 3 heterocycles. The molecular formula is C21H19ClN4. The Hall–Kier alpha value is -2.85. The molecule has 0 aliphatic heterocycles. The maximum atomic E-state index is 5.95. The molecule has 0 aliphatic carbocycles. The molecule has 5 heteroatoms. The summed E-state index contributed by atoms with van der Waals surface area (Å²) in [6, 6.07) is 16.2. The summed E-state index contributed by atoms with van der Waals surface area (Å²) in [7, 11) is 0. The van der Waals surface area contributed by atoms with Crippen LogP contribution in [-0.2, 0) is 6.42 Å². The average Bonchev–Trinajstić information content (AvgIpc) is 3.07. The molecule has 1 unspecified atom stereocenters. The molecule has 0 fully saturated rings. The number of aromatic nitrogens is 3. The van der Waals surface area contributed by atoms with Gasteiger partial charge in [-0.3, -0.25) is 0 Å². The highest BCUT2D eigenvalue weighted by Gasteiger charge is 2.08. The Morgan fingerprint density at radius 1 is 1.08 bits per heavy atom. The molecule has 4 nitrogen and oxygen atoms in total. The minimum absolute atomic E-state index is 0.158. The summed E-state index contributed by atoms with van der Waals surface area (Å²) in [4.78, 5) is 12.1. The van der Waals surface area contributed by atoms with Crippen molar-refractivity contribution < 1.29 is 0 Å². The lowest BCUT2D eigenvalue weighted by Gasteiger charge is -2.15. The molecule has 0 amide bonds. The van der Waals surface area contributed by atoms with Crippen molar-refractivity contribution in [3.8, 4) is 0 Å². The largest absolute Gasteiger partial charge is 0.364 e. The second-order valence-electron chi connectivity index (χ2n) is 6.36. The Balaban J connectivity index is 1.45. The Morgan fingerprint density at radius 2 is 1.92 bits per heavy atom. The molecule has 0 radical (unpaired) electrons. The minimum Gasteiger partial charge on any atom is -0.364 e. The summed E-state index contributed by atoms with van der Waals surface area (Å²) in [5.41, 5.74) is 4.49. The van der Waals surface area contributed by atoms with Gasteiger partial charge in [-0.1, -0.05) is 29.8 Å². The van der Waals surface area contributed by atoms with E-state index in [9.17, 15) is 0 Å². The van der Waals surface area contributed by atoms with Crippen LogP contribution in [0.15, 0.2) is 67.1 Å². The van der Waals surface area contributed by atoms with Crippen molar-refractivity contribution in [2.24, 2.45) is 0 Å². The first-order valence-corrected chi connectivity index (χ1v) is 8.95. The third-order valence-electron chi connectivity index (χ3n) is 4.49.